The average molecular weight is 249 g/mol. The van der Waals surface area contributed by atoms with Crippen molar-refractivity contribution in [1.82, 2.24) is 0 Å². The lowest BCUT2D eigenvalue weighted by Gasteiger charge is -2.26. The molecule has 18 heavy (non-hydrogen) atoms. The molecule has 4 nitrogen and oxygen atoms in total. The van der Waals surface area contributed by atoms with E-state index in [9.17, 15) is 4.79 Å². The second-order valence-corrected chi connectivity index (χ2v) is 4.80. The number of carbonyl (C=O) groups is 1. The fraction of sp³-hybridized carbons (Fsp3) is 0.500. The van der Waals surface area contributed by atoms with Gasteiger partial charge in [0.25, 0.3) is 0 Å². The standard InChI is InChI=1S/C14H23N3O/c1-3-17(12-8-5-4-6-9-12)11-7-10-14(2,16)13(15)18/h4-6,8-9H,3,7,10-11,16H2,1-2H3,(H2,15,18). The number of hydrogen-bond acceptors (Lipinski definition) is 3. The monoisotopic (exact) mass is 249 g/mol. The summed E-state index contributed by atoms with van der Waals surface area (Å²) >= 11 is 0. The molecule has 0 aliphatic heterocycles. The molecule has 0 bridgehead atoms. The van der Waals surface area contributed by atoms with Crippen LogP contribution >= 0.6 is 0 Å². The second-order valence-electron chi connectivity index (χ2n) is 4.80. The average Bonchev–Trinajstić information content (AvgIpc) is 2.35. The highest BCUT2D eigenvalue weighted by atomic mass is 16.1. The summed E-state index contributed by atoms with van der Waals surface area (Å²) in [5.41, 5.74) is 11.4. The van der Waals surface area contributed by atoms with Gasteiger partial charge in [0.2, 0.25) is 5.91 Å². The number of nitrogens with zero attached hydrogens (tertiary/aromatic N) is 1. The molecule has 0 heterocycles. The fourth-order valence-electron chi connectivity index (χ4n) is 1.87. The molecule has 0 aliphatic rings. The number of nitrogens with two attached hydrogens (primary N) is 2. The third-order valence-electron chi connectivity index (χ3n) is 3.19. The molecule has 0 fully saturated rings. The molecule has 1 unspecified atom stereocenters. The van der Waals surface area contributed by atoms with Gasteiger partial charge in [0, 0.05) is 18.8 Å². The van der Waals surface area contributed by atoms with Gasteiger partial charge < -0.3 is 16.4 Å². The Morgan fingerprint density at radius 3 is 2.44 bits per heavy atom. The highest BCUT2D eigenvalue weighted by Crippen LogP contribution is 2.15. The van der Waals surface area contributed by atoms with Crippen molar-refractivity contribution in [3.63, 3.8) is 0 Å². The van der Waals surface area contributed by atoms with Gasteiger partial charge in [0.15, 0.2) is 0 Å². The highest BCUT2D eigenvalue weighted by Gasteiger charge is 2.24. The van der Waals surface area contributed by atoms with E-state index in [0.29, 0.717) is 6.42 Å². The predicted octanol–water partition coefficient (Wildman–Crippen LogP) is 1.50. The Morgan fingerprint density at radius 1 is 1.33 bits per heavy atom. The van der Waals surface area contributed by atoms with Gasteiger partial charge in [-0.15, -0.1) is 0 Å². The van der Waals surface area contributed by atoms with E-state index in [2.05, 4.69) is 24.0 Å². The molecular formula is C14H23N3O. The van der Waals surface area contributed by atoms with Crippen LogP contribution in [0.1, 0.15) is 26.7 Å². The van der Waals surface area contributed by atoms with Crippen LogP contribution in [0.5, 0.6) is 0 Å². The van der Waals surface area contributed by atoms with E-state index in [-0.39, 0.29) is 0 Å². The number of amides is 1. The van der Waals surface area contributed by atoms with Gasteiger partial charge in [-0.05, 0) is 38.8 Å². The largest absolute Gasteiger partial charge is 0.372 e. The number of carbonyl (C=O) groups excluding carboxylic acids is 1. The zero-order valence-corrected chi connectivity index (χ0v) is 11.2. The molecule has 0 saturated carbocycles. The lowest BCUT2D eigenvalue weighted by molar-refractivity contribution is -0.122. The molecule has 4 N–H and O–H groups in total. The van der Waals surface area contributed by atoms with Crippen molar-refractivity contribution in [2.45, 2.75) is 32.2 Å². The van der Waals surface area contributed by atoms with Crippen molar-refractivity contribution in [3.05, 3.63) is 30.3 Å². The molecule has 0 aliphatic carbocycles. The fourth-order valence-corrected chi connectivity index (χ4v) is 1.87. The summed E-state index contributed by atoms with van der Waals surface area (Å²) in [5.74, 6) is -0.440. The summed E-state index contributed by atoms with van der Waals surface area (Å²) in [6, 6.07) is 10.2. The molecule has 1 rings (SSSR count). The number of para-hydroxylation sites is 1. The first-order valence-corrected chi connectivity index (χ1v) is 6.36. The first-order chi connectivity index (χ1) is 8.47. The Kier molecular flexibility index (Phi) is 5.16. The van der Waals surface area contributed by atoms with Crippen LogP contribution in [0.2, 0.25) is 0 Å². The van der Waals surface area contributed by atoms with Crippen molar-refractivity contribution in [2.75, 3.05) is 18.0 Å². The minimum Gasteiger partial charge on any atom is -0.372 e. The molecule has 4 heteroatoms. The maximum atomic E-state index is 11.1. The van der Waals surface area contributed by atoms with E-state index >= 15 is 0 Å². The molecule has 0 saturated heterocycles. The van der Waals surface area contributed by atoms with Gasteiger partial charge in [-0.3, -0.25) is 4.79 Å². The minimum atomic E-state index is -0.907. The van der Waals surface area contributed by atoms with Crippen LogP contribution in [0.4, 0.5) is 5.69 Å². The third-order valence-corrected chi connectivity index (χ3v) is 3.19. The van der Waals surface area contributed by atoms with Gasteiger partial charge >= 0.3 is 0 Å². The highest BCUT2D eigenvalue weighted by molar-refractivity contribution is 5.83. The van der Waals surface area contributed by atoms with Crippen molar-refractivity contribution in [1.29, 1.82) is 0 Å². The molecule has 100 valence electrons. The van der Waals surface area contributed by atoms with E-state index in [1.165, 1.54) is 5.69 Å². The van der Waals surface area contributed by atoms with Gasteiger partial charge in [-0.1, -0.05) is 18.2 Å². The van der Waals surface area contributed by atoms with Crippen LogP contribution in [0, 0.1) is 0 Å². The number of benzene rings is 1. The molecule has 0 radical (unpaired) electrons. The zero-order valence-electron chi connectivity index (χ0n) is 11.2. The summed E-state index contributed by atoms with van der Waals surface area (Å²) in [7, 11) is 0. The topological polar surface area (TPSA) is 72.3 Å². The number of primary amides is 1. The number of hydrogen-bond donors (Lipinski definition) is 2. The summed E-state index contributed by atoms with van der Waals surface area (Å²) in [6.07, 6.45) is 1.45. The van der Waals surface area contributed by atoms with Crippen molar-refractivity contribution in [3.8, 4) is 0 Å². The zero-order chi connectivity index (χ0) is 13.6. The van der Waals surface area contributed by atoms with Crippen molar-refractivity contribution < 1.29 is 4.79 Å². The number of rotatable bonds is 7. The summed E-state index contributed by atoms with van der Waals surface area (Å²) < 4.78 is 0. The van der Waals surface area contributed by atoms with Crippen molar-refractivity contribution >= 4 is 11.6 Å². The van der Waals surface area contributed by atoms with Crippen LogP contribution in [0.3, 0.4) is 0 Å². The molecular weight excluding hydrogens is 226 g/mol. The van der Waals surface area contributed by atoms with Crippen LogP contribution in [0.25, 0.3) is 0 Å². The van der Waals surface area contributed by atoms with Gasteiger partial charge in [-0.2, -0.15) is 0 Å². The number of anilines is 1. The molecule has 1 aromatic carbocycles. The molecule has 1 atom stereocenters. The summed E-state index contributed by atoms with van der Waals surface area (Å²) in [6.45, 7) is 5.61. The Balaban J connectivity index is 2.49. The van der Waals surface area contributed by atoms with Crippen LogP contribution in [-0.4, -0.2) is 24.5 Å². The first kappa shape index (κ1) is 14.5. The molecule has 1 aromatic rings. The lowest BCUT2D eigenvalue weighted by Crippen LogP contribution is -2.49. The van der Waals surface area contributed by atoms with Crippen LogP contribution in [0.15, 0.2) is 30.3 Å². The van der Waals surface area contributed by atoms with Gasteiger partial charge in [0.1, 0.15) is 0 Å². The Hall–Kier alpha value is -1.55. The summed E-state index contributed by atoms with van der Waals surface area (Å²) in [5, 5.41) is 0. The maximum Gasteiger partial charge on any atom is 0.237 e. The van der Waals surface area contributed by atoms with Gasteiger partial charge in [0.05, 0.1) is 5.54 Å². The Bertz CT molecular complexity index is 376. The van der Waals surface area contributed by atoms with Crippen LogP contribution < -0.4 is 16.4 Å². The van der Waals surface area contributed by atoms with Crippen LogP contribution in [-0.2, 0) is 4.79 Å². The van der Waals surface area contributed by atoms with E-state index in [0.717, 1.165) is 19.5 Å². The van der Waals surface area contributed by atoms with Gasteiger partial charge in [-0.25, -0.2) is 0 Å². The van der Waals surface area contributed by atoms with Crippen molar-refractivity contribution in [2.24, 2.45) is 11.5 Å². The quantitative estimate of drug-likeness (QED) is 0.769. The third kappa shape index (κ3) is 4.04. The normalized spacial score (nSPS) is 13.9. The summed E-state index contributed by atoms with van der Waals surface area (Å²) in [4.78, 5) is 13.4. The van der Waals surface area contributed by atoms with E-state index in [4.69, 9.17) is 11.5 Å². The first-order valence-electron chi connectivity index (χ1n) is 6.36. The molecule has 0 spiro atoms. The smallest absolute Gasteiger partial charge is 0.237 e. The minimum absolute atomic E-state index is 0.440. The van der Waals surface area contributed by atoms with E-state index < -0.39 is 11.4 Å². The Labute approximate surface area is 109 Å². The lowest BCUT2D eigenvalue weighted by atomic mass is 9.96. The SMILES string of the molecule is CCN(CCCC(C)(N)C(N)=O)c1ccccc1. The molecule has 1 amide bonds. The molecule has 0 aromatic heterocycles. The van der Waals surface area contributed by atoms with E-state index in [1.54, 1.807) is 6.92 Å². The Morgan fingerprint density at radius 2 is 1.94 bits per heavy atom. The maximum absolute atomic E-state index is 11.1. The second kappa shape index (κ2) is 6.40. The predicted molar refractivity (Wildman–Crippen MR) is 75.3 cm³/mol. The van der Waals surface area contributed by atoms with E-state index in [1.807, 2.05) is 18.2 Å².